The molecule has 1 unspecified atom stereocenters. The van der Waals surface area contributed by atoms with E-state index in [1.54, 1.807) is 23.6 Å². The Morgan fingerprint density at radius 1 is 1.22 bits per heavy atom. The largest absolute Gasteiger partial charge is 0.505 e. The normalized spacial score (nSPS) is 19.9. The van der Waals surface area contributed by atoms with Crippen LogP contribution in [-0.2, 0) is 26.4 Å². The molecule has 1 fully saturated rings. The first-order valence-corrected chi connectivity index (χ1v) is 15.5. The Hall–Kier alpha value is -3.03. The number of aryl methyl sites for hydroxylation is 1. The number of sulfonamides is 1. The summed E-state index contributed by atoms with van der Waals surface area (Å²) >= 11 is 1.32. The third-order valence-electron chi connectivity index (χ3n) is 6.29. The molecule has 36 heavy (non-hydrogen) atoms. The van der Waals surface area contributed by atoms with Crippen LogP contribution in [0, 0.1) is 0 Å². The van der Waals surface area contributed by atoms with Crippen LogP contribution < -0.4 is 10.9 Å². The maximum atomic E-state index is 13.3. The van der Waals surface area contributed by atoms with E-state index in [2.05, 4.69) is 14.8 Å². The topological polar surface area (TPSA) is 148 Å². The van der Waals surface area contributed by atoms with Gasteiger partial charge < -0.3 is 10.4 Å². The van der Waals surface area contributed by atoms with Gasteiger partial charge in [0.15, 0.2) is 21.4 Å². The fourth-order valence-electron chi connectivity index (χ4n) is 4.46. The van der Waals surface area contributed by atoms with Gasteiger partial charge in [0, 0.05) is 6.54 Å². The van der Waals surface area contributed by atoms with Crippen LogP contribution in [-0.4, -0.2) is 43.3 Å². The standard InChI is InChI=1S/C23H24N4O6S3/c1-2-3-10-27-23(29)19(21(28)20(25-27)16-6-4-11-34-16)22-24-15-9-8-14(13-18(15)36(32,33)26-22)17-7-5-12-35(17,30)31/h4,6,8-9,11,13,17,28H,2-3,5,7,10,12H2,1H3,(H,24,26). The van der Waals surface area contributed by atoms with Crippen molar-refractivity contribution in [3.63, 3.8) is 0 Å². The Labute approximate surface area is 212 Å². The zero-order valence-electron chi connectivity index (χ0n) is 19.3. The van der Waals surface area contributed by atoms with E-state index >= 15 is 0 Å². The smallest absolute Gasteiger partial charge is 0.286 e. The molecule has 0 saturated carbocycles. The van der Waals surface area contributed by atoms with Crippen LogP contribution >= 0.6 is 11.3 Å². The lowest BCUT2D eigenvalue weighted by Crippen LogP contribution is -2.34. The summed E-state index contributed by atoms with van der Waals surface area (Å²) in [5, 5.41) is 19.3. The summed E-state index contributed by atoms with van der Waals surface area (Å²) < 4.78 is 56.2. The van der Waals surface area contributed by atoms with Crippen LogP contribution in [0.5, 0.6) is 5.75 Å². The van der Waals surface area contributed by atoms with Crippen molar-refractivity contribution in [1.82, 2.24) is 9.78 Å². The summed E-state index contributed by atoms with van der Waals surface area (Å²) in [7, 11) is -7.65. The third-order valence-corrected chi connectivity index (χ3v) is 10.7. The maximum Gasteiger partial charge on any atom is 0.286 e. The van der Waals surface area contributed by atoms with Gasteiger partial charge in [0.25, 0.3) is 15.6 Å². The number of aromatic nitrogens is 2. The molecular formula is C23H24N4O6S3. The molecule has 0 amide bonds. The number of aromatic hydroxyl groups is 1. The summed E-state index contributed by atoms with van der Waals surface area (Å²) in [6.07, 6.45) is 2.42. The number of rotatable bonds is 6. The van der Waals surface area contributed by atoms with E-state index in [4.69, 9.17) is 0 Å². The van der Waals surface area contributed by atoms with Crippen LogP contribution in [0.3, 0.4) is 0 Å². The molecule has 1 atom stereocenters. The molecule has 2 aliphatic rings. The highest BCUT2D eigenvalue weighted by molar-refractivity contribution is 7.92. The van der Waals surface area contributed by atoms with Gasteiger partial charge in [-0.15, -0.1) is 15.7 Å². The molecular weight excluding hydrogens is 524 g/mol. The van der Waals surface area contributed by atoms with Crippen molar-refractivity contribution in [2.45, 2.75) is 49.3 Å². The van der Waals surface area contributed by atoms with Gasteiger partial charge in [0.05, 0.1) is 21.6 Å². The second-order valence-electron chi connectivity index (χ2n) is 8.72. The molecule has 190 valence electrons. The van der Waals surface area contributed by atoms with Gasteiger partial charge in [0.1, 0.15) is 16.2 Å². The zero-order valence-corrected chi connectivity index (χ0v) is 21.8. The van der Waals surface area contributed by atoms with Crippen molar-refractivity contribution in [3.05, 3.63) is 57.2 Å². The quantitative estimate of drug-likeness (QED) is 0.477. The summed E-state index contributed by atoms with van der Waals surface area (Å²) in [6.45, 7) is 2.25. The van der Waals surface area contributed by atoms with Gasteiger partial charge in [-0.1, -0.05) is 25.5 Å². The first-order chi connectivity index (χ1) is 17.1. The van der Waals surface area contributed by atoms with Crippen molar-refractivity contribution in [1.29, 1.82) is 0 Å². The molecule has 13 heteroatoms. The number of hydrogen-bond donors (Lipinski definition) is 2. The lowest BCUT2D eigenvalue weighted by Gasteiger charge is -2.21. The van der Waals surface area contributed by atoms with Gasteiger partial charge in [-0.25, -0.2) is 13.1 Å². The van der Waals surface area contributed by atoms with Crippen LogP contribution in [0.1, 0.15) is 49.0 Å². The van der Waals surface area contributed by atoms with Crippen LogP contribution in [0.2, 0.25) is 0 Å². The Bertz CT molecular complexity index is 1640. The number of sulfone groups is 1. The molecule has 0 aliphatic carbocycles. The average molecular weight is 549 g/mol. The molecule has 0 radical (unpaired) electrons. The second-order valence-corrected chi connectivity index (χ2v) is 13.5. The number of unbranched alkanes of at least 4 members (excludes halogenated alkanes) is 1. The van der Waals surface area contributed by atoms with E-state index in [-0.39, 0.29) is 40.0 Å². The number of amidine groups is 1. The van der Waals surface area contributed by atoms with E-state index in [1.807, 2.05) is 6.92 Å². The minimum Gasteiger partial charge on any atom is -0.505 e. The fraction of sp³-hybridized carbons (Fsp3) is 0.348. The number of thiophene rings is 1. The molecule has 0 bridgehead atoms. The molecule has 10 nitrogen and oxygen atoms in total. The third kappa shape index (κ3) is 4.24. The highest BCUT2D eigenvalue weighted by Crippen LogP contribution is 2.39. The molecule has 4 heterocycles. The Morgan fingerprint density at radius 3 is 2.69 bits per heavy atom. The van der Waals surface area contributed by atoms with Crippen molar-refractivity contribution >= 4 is 42.7 Å². The number of hydrogen-bond acceptors (Lipinski definition) is 9. The molecule has 0 spiro atoms. The van der Waals surface area contributed by atoms with E-state index in [9.17, 15) is 26.7 Å². The highest BCUT2D eigenvalue weighted by atomic mass is 32.2. The summed E-state index contributed by atoms with van der Waals surface area (Å²) in [6, 6.07) is 7.89. The molecule has 2 N–H and O–H groups in total. The van der Waals surface area contributed by atoms with Crippen molar-refractivity contribution in [3.8, 4) is 16.3 Å². The van der Waals surface area contributed by atoms with Crippen LogP contribution in [0.15, 0.2) is 49.8 Å². The minimum absolute atomic E-state index is 0.0697. The van der Waals surface area contributed by atoms with E-state index < -0.39 is 36.4 Å². The lowest BCUT2D eigenvalue weighted by atomic mass is 10.1. The fourth-order valence-corrected chi connectivity index (χ4v) is 8.27. The first kappa shape index (κ1) is 24.7. The summed E-state index contributed by atoms with van der Waals surface area (Å²) in [5.41, 5.74) is -0.261. The number of nitrogens with zero attached hydrogens (tertiary/aromatic N) is 3. The SMILES string of the molecule is CCCCn1nc(-c2cccs2)c(O)c(C2=NS(=O)(=O)c3cc(C4CCCS4(=O)=O)ccc3N2)c1=O. The molecule has 1 aromatic carbocycles. The number of fused-ring (bicyclic) bond motifs is 1. The van der Waals surface area contributed by atoms with E-state index in [1.165, 1.54) is 28.2 Å². The Balaban J connectivity index is 1.64. The van der Waals surface area contributed by atoms with Gasteiger partial charge in [-0.3, -0.25) is 4.79 Å². The number of benzene rings is 1. The zero-order chi connectivity index (χ0) is 25.7. The molecule has 2 aromatic heterocycles. The molecule has 1 saturated heterocycles. The van der Waals surface area contributed by atoms with Gasteiger partial charge in [-0.05, 0) is 48.4 Å². The average Bonchev–Trinajstić information content (AvgIpc) is 3.47. The van der Waals surface area contributed by atoms with Crippen LogP contribution in [0.25, 0.3) is 10.6 Å². The monoisotopic (exact) mass is 548 g/mol. The summed E-state index contributed by atoms with van der Waals surface area (Å²) in [5.74, 6) is -0.703. The van der Waals surface area contributed by atoms with Gasteiger partial charge >= 0.3 is 0 Å². The van der Waals surface area contributed by atoms with E-state index in [0.717, 1.165) is 6.42 Å². The lowest BCUT2D eigenvalue weighted by molar-refractivity contribution is 0.458. The molecule has 5 rings (SSSR count). The van der Waals surface area contributed by atoms with Crippen LogP contribution in [0.4, 0.5) is 5.69 Å². The van der Waals surface area contributed by atoms with Gasteiger partial charge in [0.2, 0.25) is 0 Å². The number of nitrogens with one attached hydrogen (secondary N) is 1. The summed E-state index contributed by atoms with van der Waals surface area (Å²) in [4.78, 5) is 13.7. The number of anilines is 1. The Kier molecular flexibility index (Phi) is 6.25. The predicted molar refractivity (Wildman–Crippen MR) is 138 cm³/mol. The van der Waals surface area contributed by atoms with Crippen molar-refractivity contribution in [2.75, 3.05) is 11.1 Å². The second kappa shape index (κ2) is 9.12. The van der Waals surface area contributed by atoms with E-state index in [0.29, 0.717) is 29.7 Å². The van der Waals surface area contributed by atoms with Crippen molar-refractivity contribution < 1.29 is 21.9 Å². The highest BCUT2D eigenvalue weighted by Gasteiger charge is 2.36. The van der Waals surface area contributed by atoms with Gasteiger partial charge in [-0.2, -0.15) is 13.5 Å². The first-order valence-electron chi connectivity index (χ1n) is 11.5. The molecule has 2 aliphatic heterocycles. The maximum absolute atomic E-state index is 13.3. The Morgan fingerprint density at radius 2 is 2.03 bits per heavy atom. The van der Waals surface area contributed by atoms with Crippen molar-refractivity contribution in [2.24, 2.45) is 4.40 Å². The minimum atomic E-state index is -4.31. The molecule has 3 aromatic rings. The predicted octanol–water partition coefficient (Wildman–Crippen LogP) is 3.29.